The standard InChI is InChI=1S/C32H30N2/c1-31(2,3)18-21-11-8-14-24-22(21)13-9-15-25(24)29-28-30(34-19-33-29)26-17-16-20-10-6-7-12-23(20)27(26)32(28,4)5/h6-17,19H,18H2,1-5H3. The van der Waals surface area contributed by atoms with E-state index >= 15 is 0 Å². The lowest BCUT2D eigenvalue weighted by molar-refractivity contribution is 0.412. The SMILES string of the molecule is CC(C)(C)Cc1cccc2c(-c3ncnc4c3C(C)(C)c3c-4ccc4ccccc34)cccc12. The van der Waals surface area contributed by atoms with Gasteiger partial charge >= 0.3 is 0 Å². The summed E-state index contributed by atoms with van der Waals surface area (Å²) in [5.41, 5.74) is 8.55. The Morgan fingerprint density at radius 2 is 1.32 bits per heavy atom. The molecule has 0 N–H and O–H groups in total. The van der Waals surface area contributed by atoms with E-state index in [1.165, 1.54) is 49.4 Å². The van der Waals surface area contributed by atoms with Crippen LogP contribution in [0.15, 0.2) is 79.1 Å². The maximum atomic E-state index is 4.92. The molecule has 0 radical (unpaired) electrons. The average Bonchev–Trinajstić information content (AvgIpc) is 3.05. The van der Waals surface area contributed by atoms with Crippen LogP contribution in [0.5, 0.6) is 0 Å². The Labute approximate surface area is 201 Å². The van der Waals surface area contributed by atoms with Crippen molar-refractivity contribution >= 4 is 21.5 Å². The molecule has 2 nitrogen and oxygen atoms in total. The molecule has 1 aliphatic rings. The monoisotopic (exact) mass is 442 g/mol. The van der Waals surface area contributed by atoms with Crippen LogP contribution in [0.4, 0.5) is 0 Å². The van der Waals surface area contributed by atoms with Crippen molar-refractivity contribution in [3.63, 3.8) is 0 Å². The number of hydrogen-bond acceptors (Lipinski definition) is 2. The summed E-state index contributed by atoms with van der Waals surface area (Å²) in [5.74, 6) is 0. The van der Waals surface area contributed by atoms with Crippen molar-refractivity contribution in [2.24, 2.45) is 5.41 Å². The van der Waals surface area contributed by atoms with Gasteiger partial charge in [0.2, 0.25) is 0 Å². The van der Waals surface area contributed by atoms with E-state index in [4.69, 9.17) is 9.97 Å². The van der Waals surface area contributed by atoms with Gasteiger partial charge in [-0.05, 0) is 44.5 Å². The summed E-state index contributed by atoms with van der Waals surface area (Å²) < 4.78 is 0. The highest BCUT2D eigenvalue weighted by Gasteiger charge is 2.40. The topological polar surface area (TPSA) is 25.8 Å². The molecule has 0 spiro atoms. The number of aromatic nitrogens is 2. The van der Waals surface area contributed by atoms with Crippen molar-refractivity contribution in [1.29, 1.82) is 0 Å². The second-order valence-corrected chi connectivity index (χ2v) is 11.3. The van der Waals surface area contributed by atoms with E-state index in [-0.39, 0.29) is 10.8 Å². The fraction of sp³-hybridized carbons (Fsp3) is 0.250. The van der Waals surface area contributed by atoms with Crippen molar-refractivity contribution in [3.8, 4) is 22.5 Å². The molecule has 168 valence electrons. The Hall–Kier alpha value is -3.52. The van der Waals surface area contributed by atoms with Gasteiger partial charge in [0.25, 0.3) is 0 Å². The third-order valence-corrected chi connectivity index (χ3v) is 7.27. The summed E-state index contributed by atoms with van der Waals surface area (Å²) in [6.07, 6.45) is 2.78. The van der Waals surface area contributed by atoms with Crippen LogP contribution in [-0.4, -0.2) is 9.97 Å². The van der Waals surface area contributed by atoms with Crippen molar-refractivity contribution in [2.75, 3.05) is 0 Å². The fourth-order valence-corrected chi connectivity index (χ4v) is 5.96. The van der Waals surface area contributed by atoms with E-state index in [1.807, 2.05) is 0 Å². The summed E-state index contributed by atoms with van der Waals surface area (Å²) in [4.78, 5) is 9.75. The van der Waals surface area contributed by atoms with Gasteiger partial charge in [0.05, 0.1) is 11.4 Å². The number of nitrogens with zero attached hydrogens (tertiary/aromatic N) is 2. The molecule has 0 fully saturated rings. The molecule has 0 unspecified atom stereocenters. The Morgan fingerprint density at radius 1 is 0.647 bits per heavy atom. The lowest BCUT2D eigenvalue weighted by Gasteiger charge is -2.25. The first kappa shape index (κ1) is 21.0. The molecule has 0 saturated heterocycles. The Bertz CT molecular complexity index is 1580. The van der Waals surface area contributed by atoms with E-state index < -0.39 is 0 Å². The van der Waals surface area contributed by atoms with Gasteiger partial charge < -0.3 is 0 Å². The van der Waals surface area contributed by atoms with E-state index in [0.29, 0.717) is 0 Å². The molecule has 1 heterocycles. The summed E-state index contributed by atoms with van der Waals surface area (Å²) in [6.45, 7) is 11.6. The summed E-state index contributed by atoms with van der Waals surface area (Å²) in [7, 11) is 0. The maximum Gasteiger partial charge on any atom is 0.116 e. The lowest BCUT2D eigenvalue weighted by Crippen LogP contribution is -2.17. The third-order valence-electron chi connectivity index (χ3n) is 7.27. The largest absolute Gasteiger partial charge is 0.236 e. The number of rotatable bonds is 2. The Kier molecular flexibility index (Phi) is 4.48. The Balaban J connectivity index is 1.62. The zero-order chi connectivity index (χ0) is 23.7. The first-order valence-electron chi connectivity index (χ1n) is 12.1. The molecule has 6 rings (SSSR count). The third kappa shape index (κ3) is 3.09. The molecule has 4 aromatic carbocycles. The van der Waals surface area contributed by atoms with E-state index in [0.717, 1.165) is 17.8 Å². The Morgan fingerprint density at radius 3 is 2.12 bits per heavy atom. The number of fused-ring (bicyclic) bond motifs is 6. The van der Waals surface area contributed by atoms with Gasteiger partial charge in [-0.3, -0.25) is 0 Å². The molecule has 34 heavy (non-hydrogen) atoms. The van der Waals surface area contributed by atoms with Crippen molar-refractivity contribution in [2.45, 2.75) is 46.5 Å². The molecule has 1 aromatic heterocycles. The normalized spacial score (nSPS) is 14.4. The van der Waals surface area contributed by atoms with E-state index in [2.05, 4.69) is 107 Å². The molecule has 5 aromatic rings. The molecule has 0 atom stereocenters. The fourth-order valence-electron chi connectivity index (χ4n) is 5.96. The zero-order valence-electron chi connectivity index (χ0n) is 20.6. The van der Waals surface area contributed by atoms with Crippen molar-refractivity contribution in [3.05, 3.63) is 95.8 Å². The molecule has 2 heteroatoms. The minimum atomic E-state index is -0.201. The zero-order valence-corrected chi connectivity index (χ0v) is 20.6. The van der Waals surface area contributed by atoms with E-state index in [1.54, 1.807) is 6.33 Å². The minimum absolute atomic E-state index is 0.201. The second-order valence-electron chi connectivity index (χ2n) is 11.3. The van der Waals surface area contributed by atoms with Crippen LogP contribution in [0, 0.1) is 5.41 Å². The van der Waals surface area contributed by atoms with Crippen molar-refractivity contribution < 1.29 is 0 Å². The van der Waals surface area contributed by atoms with Crippen LogP contribution in [0.3, 0.4) is 0 Å². The predicted molar refractivity (Wildman–Crippen MR) is 143 cm³/mol. The van der Waals surface area contributed by atoms with Gasteiger partial charge in [0, 0.05) is 22.1 Å². The first-order chi connectivity index (χ1) is 16.3. The van der Waals surface area contributed by atoms with Gasteiger partial charge in [0.1, 0.15) is 6.33 Å². The van der Waals surface area contributed by atoms with Crippen LogP contribution in [-0.2, 0) is 11.8 Å². The molecular weight excluding hydrogens is 412 g/mol. The van der Waals surface area contributed by atoms with Crippen LogP contribution in [0.1, 0.15) is 51.3 Å². The summed E-state index contributed by atoms with van der Waals surface area (Å²) >= 11 is 0. The highest BCUT2D eigenvalue weighted by molar-refractivity contribution is 6.02. The number of hydrogen-bond donors (Lipinski definition) is 0. The molecular formula is C32H30N2. The van der Waals surface area contributed by atoms with Gasteiger partial charge in [-0.2, -0.15) is 0 Å². The molecule has 0 bridgehead atoms. The quantitative estimate of drug-likeness (QED) is 0.274. The predicted octanol–water partition coefficient (Wildman–Crippen LogP) is 8.34. The first-order valence-corrected chi connectivity index (χ1v) is 12.1. The van der Waals surface area contributed by atoms with Crippen LogP contribution < -0.4 is 0 Å². The molecule has 0 aliphatic heterocycles. The van der Waals surface area contributed by atoms with Gasteiger partial charge in [0.15, 0.2) is 0 Å². The average molecular weight is 443 g/mol. The number of benzene rings is 4. The summed E-state index contributed by atoms with van der Waals surface area (Å²) in [5, 5.41) is 5.16. The minimum Gasteiger partial charge on any atom is -0.236 e. The van der Waals surface area contributed by atoms with Gasteiger partial charge in [-0.15, -0.1) is 0 Å². The second kappa shape index (κ2) is 7.24. The van der Waals surface area contributed by atoms with Gasteiger partial charge in [-0.25, -0.2) is 9.97 Å². The van der Waals surface area contributed by atoms with Crippen LogP contribution in [0.25, 0.3) is 44.1 Å². The van der Waals surface area contributed by atoms with E-state index in [9.17, 15) is 0 Å². The molecule has 0 amide bonds. The lowest BCUT2D eigenvalue weighted by atomic mass is 9.78. The maximum absolute atomic E-state index is 4.92. The van der Waals surface area contributed by atoms with Crippen LogP contribution in [0.2, 0.25) is 0 Å². The van der Waals surface area contributed by atoms with Gasteiger partial charge in [-0.1, -0.05) is 107 Å². The van der Waals surface area contributed by atoms with Crippen LogP contribution >= 0.6 is 0 Å². The highest BCUT2D eigenvalue weighted by Crippen LogP contribution is 2.53. The van der Waals surface area contributed by atoms with Crippen molar-refractivity contribution in [1.82, 2.24) is 9.97 Å². The highest BCUT2D eigenvalue weighted by atomic mass is 14.9. The smallest absolute Gasteiger partial charge is 0.116 e. The summed E-state index contributed by atoms with van der Waals surface area (Å²) in [6, 6.07) is 26.5. The molecule has 1 aliphatic carbocycles. The molecule has 0 saturated carbocycles.